The summed E-state index contributed by atoms with van der Waals surface area (Å²) in [5.41, 5.74) is -0.425. The van der Waals surface area contributed by atoms with Crippen molar-refractivity contribution in [2.75, 3.05) is 0 Å². The number of alkyl halides is 2. The highest BCUT2D eigenvalue weighted by Crippen LogP contribution is 2.36. The average molecular weight is 271 g/mol. The Morgan fingerprint density at radius 1 is 1.16 bits per heavy atom. The molecule has 2 rings (SSSR count). The van der Waals surface area contributed by atoms with Crippen molar-refractivity contribution in [3.8, 4) is 5.75 Å². The molecule has 1 aromatic heterocycles. The molecule has 4 nitrogen and oxygen atoms in total. The van der Waals surface area contributed by atoms with Gasteiger partial charge in [0.1, 0.15) is 5.75 Å². The first-order valence-electron chi connectivity index (χ1n) is 5.97. The zero-order valence-corrected chi connectivity index (χ0v) is 11.3. The lowest BCUT2D eigenvalue weighted by molar-refractivity contribution is -0.0500. The van der Waals surface area contributed by atoms with E-state index in [9.17, 15) is 8.78 Å². The van der Waals surface area contributed by atoms with E-state index in [2.05, 4.69) is 9.72 Å². The third-order valence-corrected chi connectivity index (χ3v) is 3.48. The van der Waals surface area contributed by atoms with Gasteiger partial charge in [0.2, 0.25) is 0 Å². The summed E-state index contributed by atoms with van der Waals surface area (Å²) in [4.78, 5) is 3.86. The Balaban J connectivity index is 2.20. The summed E-state index contributed by atoms with van der Waals surface area (Å²) in [6.45, 7) is 4.79. The third-order valence-electron chi connectivity index (χ3n) is 3.48. The lowest BCUT2D eigenvalue weighted by Crippen LogP contribution is -2.41. The molecule has 1 fully saturated rings. The standard InChI is InChI=1S/C12H16BF2NO3/c1-11(2)12(3,4)19-13(18-11)8-5-9(7-16-6-8)17-10(14)15/h5-7,10H,1-4H3. The van der Waals surface area contributed by atoms with Crippen molar-refractivity contribution in [2.45, 2.75) is 45.5 Å². The summed E-state index contributed by atoms with van der Waals surface area (Å²) in [5, 5.41) is 0. The summed E-state index contributed by atoms with van der Waals surface area (Å²) in [6.07, 6.45) is 2.74. The molecule has 0 unspecified atom stereocenters. The maximum atomic E-state index is 12.2. The van der Waals surface area contributed by atoms with Crippen LogP contribution in [0.25, 0.3) is 0 Å². The van der Waals surface area contributed by atoms with E-state index in [1.54, 1.807) is 0 Å². The third kappa shape index (κ3) is 2.87. The largest absolute Gasteiger partial charge is 0.496 e. The minimum atomic E-state index is -2.88. The molecule has 1 aromatic rings. The maximum absolute atomic E-state index is 12.2. The number of hydrogen-bond acceptors (Lipinski definition) is 4. The molecule has 0 bridgehead atoms. The average Bonchev–Trinajstić information content (AvgIpc) is 2.47. The van der Waals surface area contributed by atoms with Crippen LogP contribution < -0.4 is 10.2 Å². The Bertz CT molecular complexity index is 452. The molecular weight excluding hydrogens is 255 g/mol. The molecule has 0 spiro atoms. The first kappa shape index (κ1) is 14.2. The number of pyridine rings is 1. The fourth-order valence-corrected chi connectivity index (χ4v) is 1.71. The minimum Gasteiger partial charge on any atom is -0.433 e. The molecule has 0 radical (unpaired) electrons. The van der Waals surface area contributed by atoms with Gasteiger partial charge in [-0.2, -0.15) is 8.78 Å². The van der Waals surface area contributed by atoms with Crippen molar-refractivity contribution >= 4 is 12.6 Å². The number of halogens is 2. The van der Waals surface area contributed by atoms with Crippen molar-refractivity contribution in [3.05, 3.63) is 18.5 Å². The second-order valence-corrected chi connectivity index (χ2v) is 5.42. The molecule has 0 aromatic carbocycles. The topological polar surface area (TPSA) is 40.6 Å². The molecule has 0 saturated carbocycles. The summed E-state index contributed by atoms with van der Waals surface area (Å²) >= 11 is 0. The highest BCUT2D eigenvalue weighted by atomic mass is 19.3. The van der Waals surface area contributed by atoms with Crippen molar-refractivity contribution in [1.82, 2.24) is 4.98 Å². The van der Waals surface area contributed by atoms with Crippen LogP contribution in [0.2, 0.25) is 0 Å². The highest BCUT2D eigenvalue weighted by Gasteiger charge is 2.51. The monoisotopic (exact) mass is 271 g/mol. The van der Waals surface area contributed by atoms with Crippen LogP contribution in [0.3, 0.4) is 0 Å². The van der Waals surface area contributed by atoms with Crippen LogP contribution in [0.1, 0.15) is 27.7 Å². The molecule has 0 aliphatic carbocycles. The zero-order chi connectivity index (χ0) is 14.3. The van der Waals surface area contributed by atoms with E-state index in [1.165, 1.54) is 18.5 Å². The Labute approximate surface area is 111 Å². The lowest BCUT2D eigenvalue weighted by Gasteiger charge is -2.32. The lowest BCUT2D eigenvalue weighted by atomic mass is 9.80. The highest BCUT2D eigenvalue weighted by molar-refractivity contribution is 6.62. The van der Waals surface area contributed by atoms with Gasteiger partial charge in [0.15, 0.2) is 0 Å². The molecule has 0 atom stereocenters. The molecule has 7 heteroatoms. The number of aromatic nitrogens is 1. The van der Waals surface area contributed by atoms with Crippen LogP contribution in [0, 0.1) is 0 Å². The number of nitrogens with zero attached hydrogens (tertiary/aromatic N) is 1. The van der Waals surface area contributed by atoms with Crippen LogP contribution in [-0.4, -0.2) is 29.9 Å². The van der Waals surface area contributed by atoms with Gasteiger partial charge in [0, 0.05) is 11.7 Å². The Morgan fingerprint density at radius 3 is 2.26 bits per heavy atom. The van der Waals surface area contributed by atoms with Crippen molar-refractivity contribution in [3.63, 3.8) is 0 Å². The minimum absolute atomic E-state index is 0.0118. The van der Waals surface area contributed by atoms with Crippen molar-refractivity contribution in [1.29, 1.82) is 0 Å². The first-order valence-corrected chi connectivity index (χ1v) is 5.97. The number of ether oxygens (including phenoxy) is 1. The predicted octanol–water partition coefficient (Wildman–Crippen LogP) is 1.98. The second kappa shape index (κ2) is 4.72. The van der Waals surface area contributed by atoms with Crippen LogP contribution >= 0.6 is 0 Å². The van der Waals surface area contributed by atoms with E-state index in [-0.39, 0.29) is 5.75 Å². The number of rotatable bonds is 3. The van der Waals surface area contributed by atoms with Gasteiger partial charge in [0.25, 0.3) is 0 Å². The van der Waals surface area contributed by atoms with E-state index in [0.717, 1.165) is 0 Å². The molecule has 19 heavy (non-hydrogen) atoms. The normalized spacial score (nSPS) is 20.9. The SMILES string of the molecule is CC1(C)OB(c2cncc(OC(F)F)c2)OC1(C)C. The molecule has 1 aliphatic rings. The van der Waals surface area contributed by atoms with Gasteiger partial charge in [-0.05, 0) is 33.8 Å². The van der Waals surface area contributed by atoms with Gasteiger partial charge in [0.05, 0.1) is 17.4 Å². The van der Waals surface area contributed by atoms with Crippen LogP contribution in [0.5, 0.6) is 5.75 Å². The Hall–Kier alpha value is -1.21. The van der Waals surface area contributed by atoms with Gasteiger partial charge in [-0.15, -0.1) is 0 Å². The Morgan fingerprint density at radius 2 is 1.74 bits per heavy atom. The quantitative estimate of drug-likeness (QED) is 0.788. The van der Waals surface area contributed by atoms with Gasteiger partial charge in [-0.25, -0.2) is 0 Å². The summed E-state index contributed by atoms with van der Waals surface area (Å²) in [5.74, 6) is -0.0118. The van der Waals surface area contributed by atoms with Gasteiger partial charge >= 0.3 is 13.7 Å². The zero-order valence-electron chi connectivity index (χ0n) is 11.3. The van der Waals surface area contributed by atoms with E-state index in [1.807, 2.05) is 27.7 Å². The maximum Gasteiger partial charge on any atom is 0.496 e. The molecule has 1 aliphatic heterocycles. The summed E-state index contributed by atoms with van der Waals surface area (Å²) in [6, 6.07) is 1.45. The predicted molar refractivity (Wildman–Crippen MR) is 66.6 cm³/mol. The summed E-state index contributed by atoms with van der Waals surface area (Å²) < 4.78 is 40.2. The van der Waals surface area contributed by atoms with Crippen LogP contribution in [-0.2, 0) is 9.31 Å². The second-order valence-electron chi connectivity index (χ2n) is 5.42. The van der Waals surface area contributed by atoms with Crippen molar-refractivity contribution < 1.29 is 22.8 Å². The molecule has 2 heterocycles. The molecule has 0 N–H and O–H groups in total. The van der Waals surface area contributed by atoms with Gasteiger partial charge in [-0.3, -0.25) is 4.98 Å². The molecular formula is C12H16BF2NO3. The van der Waals surface area contributed by atoms with E-state index in [0.29, 0.717) is 5.46 Å². The molecule has 104 valence electrons. The first-order chi connectivity index (χ1) is 8.71. The fraction of sp³-hybridized carbons (Fsp3) is 0.583. The van der Waals surface area contributed by atoms with Gasteiger partial charge < -0.3 is 14.0 Å². The van der Waals surface area contributed by atoms with E-state index in [4.69, 9.17) is 9.31 Å². The van der Waals surface area contributed by atoms with Gasteiger partial charge in [-0.1, -0.05) is 0 Å². The molecule has 0 amide bonds. The van der Waals surface area contributed by atoms with E-state index < -0.39 is 24.9 Å². The van der Waals surface area contributed by atoms with Crippen molar-refractivity contribution in [2.24, 2.45) is 0 Å². The smallest absolute Gasteiger partial charge is 0.433 e. The number of hydrogen-bond donors (Lipinski definition) is 0. The molecule has 1 saturated heterocycles. The Kier molecular flexibility index (Phi) is 3.53. The fourth-order valence-electron chi connectivity index (χ4n) is 1.71. The van der Waals surface area contributed by atoms with E-state index >= 15 is 0 Å². The summed E-state index contributed by atoms with van der Waals surface area (Å²) in [7, 11) is -0.640. The van der Waals surface area contributed by atoms with Crippen LogP contribution in [0.15, 0.2) is 18.5 Å². The van der Waals surface area contributed by atoms with Crippen LogP contribution in [0.4, 0.5) is 8.78 Å².